The van der Waals surface area contributed by atoms with Crippen molar-refractivity contribution in [2.24, 2.45) is 5.92 Å². The van der Waals surface area contributed by atoms with Gasteiger partial charge in [0, 0.05) is 13.1 Å². The Morgan fingerprint density at radius 3 is 2.50 bits per heavy atom. The Balaban J connectivity index is 2.45. The summed E-state index contributed by atoms with van der Waals surface area (Å²) in [6.07, 6.45) is 0. The molecule has 1 rings (SSSR count). The molecule has 0 radical (unpaired) electrons. The number of rotatable bonds is 5. The fourth-order valence-electron chi connectivity index (χ4n) is 1.46. The van der Waals surface area contributed by atoms with E-state index in [9.17, 15) is 5.11 Å². The third-order valence-electron chi connectivity index (χ3n) is 3.30. The molecule has 0 spiro atoms. The molecule has 1 aromatic rings. The SMILES string of the molecule is Cc1ccccc1CNCC(C)(O)C(C)C. The smallest absolute Gasteiger partial charge is 0.0766 e. The molecule has 0 aromatic heterocycles. The van der Waals surface area contributed by atoms with Crippen molar-refractivity contribution in [3.63, 3.8) is 0 Å². The highest BCUT2D eigenvalue weighted by Crippen LogP contribution is 2.15. The molecule has 0 heterocycles. The van der Waals surface area contributed by atoms with Crippen molar-refractivity contribution in [1.29, 1.82) is 0 Å². The molecule has 0 aliphatic heterocycles. The number of nitrogens with one attached hydrogen (secondary N) is 1. The predicted octanol–water partition coefficient (Wildman–Crippen LogP) is 2.49. The van der Waals surface area contributed by atoms with Crippen LogP contribution < -0.4 is 5.32 Å². The summed E-state index contributed by atoms with van der Waals surface area (Å²) in [6.45, 7) is 9.50. The summed E-state index contributed by atoms with van der Waals surface area (Å²) < 4.78 is 0. The van der Waals surface area contributed by atoms with Gasteiger partial charge in [-0.25, -0.2) is 0 Å². The number of hydrogen-bond acceptors (Lipinski definition) is 2. The van der Waals surface area contributed by atoms with Crippen LogP contribution in [-0.2, 0) is 6.54 Å². The summed E-state index contributed by atoms with van der Waals surface area (Å²) in [6, 6.07) is 8.32. The zero-order valence-corrected chi connectivity index (χ0v) is 10.7. The summed E-state index contributed by atoms with van der Waals surface area (Å²) in [5, 5.41) is 13.4. The summed E-state index contributed by atoms with van der Waals surface area (Å²) in [7, 11) is 0. The maximum Gasteiger partial charge on any atom is 0.0766 e. The minimum absolute atomic E-state index is 0.261. The van der Waals surface area contributed by atoms with Gasteiger partial charge in [0.2, 0.25) is 0 Å². The normalized spacial score (nSPS) is 15.1. The van der Waals surface area contributed by atoms with Gasteiger partial charge in [0.25, 0.3) is 0 Å². The van der Waals surface area contributed by atoms with E-state index in [-0.39, 0.29) is 5.92 Å². The molecule has 0 bridgehead atoms. The Morgan fingerprint density at radius 1 is 1.31 bits per heavy atom. The van der Waals surface area contributed by atoms with Crippen LogP contribution in [0.15, 0.2) is 24.3 Å². The molecule has 0 saturated heterocycles. The highest BCUT2D eigenvalue weighted by molar-refractivity contribution is 5.25. The van der Waals surface area contributed by atoms with E-state index in [0.29, 0.717) is 6.54 Å². The maximum atomic E-state index is 10.1. The number of aryl methyl sites for hydroxylation is 1. The van der Waals surface area contributed by atoms with Gasteiger partial charge in [-0.15, -0.1) is 0 Å². The molecule has 0 amide bonds. The first kappa shape index (κ1) is 13.2. The minimum Gasteiger partial charge on any atom is -0.389 e. The Hall–Kier alpha value is -0.860. The van der Waals surface area contributed by atoms with Gasteiger partial charge in [-0.3, -0.25) is 0 Å². The van der Waals surface area contributed by atoms with Crippen LogP contribution in [0.3, 0.4) is 0 Å². The minimum atomic E-state index is -0.636. The molecule has 2 N–H and O–H groups in total. The molecule has 1 unspecified atom stereocenters. The van der Waals surface area contributed by atoms with Crippen LogP contribution in [0.25, 0.3) is 0 Å². The number of aliphatic hydroxyl groups is 1. The Morgan fingerprint density at radius 2 is 1.94 bits per heavy atom. The van der Waals surface area contributed by atoms with Crippen molar-refractivity contribution in [1.82, 2.24) is 5.32 Å². The first-order valence-corrected chi connectivity index (χ1v) is 5.91. The number of benzene rings is 1. The Kier molecular flexibility index (Phi) is 4.51. The molecule has 1 atom stereocenters. The molecule has 90 valence electrons. The van der Waals surface area contributed by atoms with Crippen LogP contribution in [0, 0.1) is 12.8 Å². The molecule has 0 fully saturated rings. The highest BCUT2D eigenvalue weighted by Gasteiger charge is 2.23. The predicted molar refractivity (Wildman–Crippen MR) is 68.3 cm³/mol. The molecule has 0 aliphatic carbocycles. The highest BCUT2D eigenvalue weighted by atomic mass is 16.3. The van der Waals surface area contributed by atoms with Crippen LogP contribution in [0.1, 0.15) is 31.9 Å². The maximum absolute atomic E-state index is 10.1. The standard InChI is InChI=1S/C14H23NO/c1-11(2)14(4,16)10-15-9-13-8-6-5-7-12(13)3/h5-8,11,15-16H,9-10H2,1-4H3. The van der Waals surface area contributed by atoms with Gasteiger partial charge in [-0.05, 0) is 30.9 Å². The van der Waals surface area contributed by atoms with Crippen LogP contribution in [0.4, 0.5) is 0 Å². The van der Waals surface area contributed by atoms with Crippen LogP contribution >= 0.6 is 0 Å². The summed E-state index contributed by atoms with van der Waals surface area (Å²) in [5.74, 6) is 0.261. The lowest BCUT2D eigenvalue weighted by atomic mass is 9.92. The zero-order valence-electron chi connectivity index (χ0n) is 10.7. The van der Waals surface area contributed by atoms with E-state index in [1.165, 1.54) is 11.1 Å². The van der Waals surface area contributed by atoms with Crippen molar-refractivity contribution >= 4 is 0 Å². The van der Waals surface area contributed by atoms with E-state index >= 15 is 0 Å². The fraction of sp³-hybridized carbons (Fsp3) is 0.571. The van der Waals surface area contributed by atoms with E-state index in [2.05, 4.69) is 24.4 Å². The quantitative estimate of drug-likeness (QED) is 0.800. The van der Waals surface area contributed by atoms with Gasteiger partial charge in [0.1, 0.15) is 0 Å². The van der Waals surface area contributed by atoms with Gasteiger partial charge < -0.3 is 10.4 Å². The second-order valence-corrected chi connectivity index (χ2v) is 5.04. The lowest BCUT2D eigenvalue weighted by Gasteiger charge is -2.28. The van der Waals surface area contributed by atoms with E-state index in [1.54, 1.807) is 0 Å². The first-order valence-electron chi connectivity index (χ1n) is 5.91. The Bertz CT molecular complexity index is 331. The first-order chi connectivity index (χ1) is 7.43. The lowest BCUT2D eigenvalue weighted by Crippen LogP contribution is -2.42. The summed E-state index contributed by atoms with van der Waals surface area (Å²) in [5.41, 5.74) is 1.95. The second-order valence-electron chi connectivity index (χ2n) is 5.04. The molecular weight excluding hydrogens is 198 g/mol. The van der Waals surface area contributed by atoms with Crippen LogP contribution in [-0.4, -0.2) is 17.3 Å². The van der Waals surface area contributed by atoms with Gasteiger partial charge in [0.15, 0.2) is 0 Å². The van der Waals surface area contributed by atoms with Crippen LogP contribution in [0.2, 0.25) is 0 Å². The number of hydrogen-bond donors (Lipinski definition) is 2. The third-order valence-corrected chi connectivity index (χ3v) is 3.30. The van der Waals surface area contributed by atoms with Gasteiger partial charge in [-0.1, -0.05) is 38.1 Å². The van der Waals surface area contributed by atoms with Gasteiger partial charge in [-0.2, -0.15) is 0 Å². The molecular formula is C14H23NO. The summed E-state index contributed by atoms with van der Waals surface area (Å²) in [4.78, 5) is 0. The van der Waals surface area contributed by atoms with Crippen molar-refractivity contribution in [2.75, 3.05) is 6.54 Å². The van der Waals surface area contributed by atoms with Crippen LogP contribution in [0.5, 0.6) is 0 Å². The largest absolute Gasteiger partial charge is 0.389 e. The van der Waals surface area contributed by atoms with E-state index in [4.69, 9.17) is 0 Å². The van der Waals surface area contributed by atoms with Crippen molar-refractivity contribution in [2.45, 2.75) is 39.8 Å². The fourth-order valence-corrected chi connectivity index (χ4v) is 1.46. The Labute approximate surface area is 98.7 Å². The van der Waals surface area contributed by atoms with Crippen molar-refractivity contribution in [3.8, 4) is 0 Å². The summed E-state index contributed by atoms with van der Waals surface area (Å²) >= 11 is 0. The molecule has 16 heavy (non-hydrogen) atoms. The molecule has 2 nitrogen and oxygen atoms in total. The molecule has 0 aliphatic rings. The topological polar surface area (TPSA) is 32.3 Å². The average Bonchev–Trinajstić information content (AvgIpc) is 2.20. The average molecular weight is 221 g/mol. The molecule has 2 heteroatoms. The van der Waals surface area contributed by atoms with Crippen molar-refractivity contribution < 1.29 is 5.11 Å². The van der Waals surface area contributed by atoms with E-state index in [0.717, 1.165) is 6.54 Å². The van der Waals surface area contributed by atoms with Crippen molar-refractivity contribution in [3.05, 3.63) is 35.4 Å². The third kappa shape index (κ3) is 3.62. The second kappa shape index (κ2) is 5.46. The van der Waals surface area contributed by atoms with E-state index < -0.39 is 5.60 Å². The van der Waals surface area contributed by atoms with Gasteiger partial charge in [0.05, 0.1) is 5.60 Å². The monoisotopic (exact) mass is 221 g/mol. The van der Waals surface area contributed by atoms with E-state index in [1.807, 2.05) is 32.9 Å². The molecule has 1 aromatic carbocycles. The lowest BCUT2D eigenvalue weighted by molar-refractivity contribution is 0.0140. The van der Waals surface area contributed by atoms with Gasteiger partial charge >= 0.3 is 0 Å². The zero-order chi connectivity index (χ0) is 12.2. The molecule has 0 saturated carbocycles.